The molecular formula is C31H26N6O2. The smallest absolute Gasteiger partial charge is 0.265 e. The molecule has 2 aromatic heterocycles. The van der Waals surface area contributed by atoms with Gasteiger partial charge in [-0.25, -0.2) is 9.97 Å². The lowest BCUT2D eigenvalue weighted by atomic mass is 10.0. The zero-order chi connectivity index (χ0) is 27.3. The van der Waals surface area contributed by atoms with Gasteiger partial charge in [0.2, 0.25) is 0 Å². The van der Waals surface area contributed by atoms with Crippen molar-refractivity contribution in [3.63, 3.8) is 0 Å². The molecule has 0 saturated heterocycles. The first-order chi connectivity index (χ1) is 18.8. The Hall–Kier alpha value is -5.24. The van der Waals surface area contributed by atoms with Crippen LogP contribution in [0.5, 0.6) is 0 Å². The maximum absolute atomic E-state index is 13.5. The molecule has 192 valence electrons. The van der Waals surface area contributed by atoms with Crippen LogP contribution in [-0.2, 0) is 6.42 Å². The fraction of sp³-hybridized carbons (Fsp3) is 0.0968. The van der Waals surface area contributed by atoms with E-state index < -0.39 is 0 Å². The first kappa shape index (κ1) is 24.1. The van der Waals surface area contributed by atoms with E-state index >= 15 is 0 Å². The summed E-state index contributed by atoms with van der Waals surface area (Å²) in [6.45, 7) is 3.61. The Morgan fingerprint density at radius 3 is 1.46 bits per heavy atom. The largest absolute Gasteiger partial charge is 0.399 e. The van der Waals surface area contributed by atoms with Gasteiger partial charge in [0.1, 0.15) is 11.6 Å². The number of nitrogen functional groups attached to an aromatic ring is 2. The van der Waals surface area contributed by atoms with Crippen LogP contribution in [0.4, 0.5) is 11.4 Å². The molecule has 0 unspecified atom stereocenters. The Kier molecular flexibility index (Phi) is 5.72. The van der Waals surface area contributed by atoms with Crippen molar-refractivity contribution < 1.29 is 0 Å². The number of aryl methyl sites for hydroxylation is 2. The number of hydrogen-bond acceptors (Lipinski definition) is 6. The van der Waals surface area contributed by atoms with Crippen LogP contribution in [-0.4, -0.2) is 19.1 Å². The number of benzene rings is 4. The van der Waals surface area contributed by atoms with Crippen molar-refractivity contribution in [2.45, 2.75) is 20.3 Å². The lowest BCUT2D eigenvalue weighted by Crippen LogP contribution is -2.22. The molecule has 4 N–H and O–H groups in total. The molecule has 0 radical (unpaired) electrons. The van der Waals surface area contributed by atoms with E-state index in [1.807, 2.05) is 60.7 Å². The molecule has 0 saturated carbocycles. The normalized spacial score (nSPS) is 11.3. The van der Waals surface area contributed by atoms with Crippen molar-refractivity contribution in [3.8, 4) is 11.4 Å². The molecule has 0 aliphatic carbocycles. The van der Waals surface area contributed by atoms with Crippen molar-refractivity contribution in [1.29, 1.82) is 0 Å². The third-order valence-corrected chi connectivity index (χ3v) is 6.87. The summed E-state index contributed by atoms with van der Waals surface area (Å²) in [7, 11) is 0. The van der Waals surface area contributed by atoms with Crippen molar-refractivity contribution in [2.24, 2.45) is 0 Å². The van der Waals surface area contributed by atoms with Crippen molar-refractivity contribution in [1.82, 2.24) is 19.1 Å². The van der Waals surface area contributed by atoms with Gasteiger partial charge in [0.15, 0.2) is 0 Å². The third kappa shape index (κ3) is 4.31. The van der Waals surface area contributed by atoms with Gasteiger partial charge in [-0.1, -0.05) is 24.3 Å². The standard InChI is InChI=1S/C31H26N6O2/c1-18-34-28-11-9-20(14-26(28)30(38)36(18)24-7-3-5-22(32)16-24)13-21-10-12-29-27(15-21)31(39)37(19(2)35-29)25-8-4-6-23(33)17-25/h3-12,14-17H,13,32-33H2,1-2H3. The van der Waals surface area contributed by atoms with Gasteiger partial charge in [-0.15, -0.1) is 0 Å². The minimum Gasteiger partial charge on any atom is -0.399 e. The van der Waals surface area contributed by atoms with Gasteiger partial charge in [-0.3, -0.25) is 18.7 Å². The minimum atomic E-state index is -0.159. The number of hydrogen-bond donors (Lipinski definition) is 2. The highest BCUT2D eigenvalue weighted by molar-refractivity contribution is 5.80. The highest BCUT2D eigenvalue weighted by atomic mass is 16.1. The summed E-state index contributed by atoms with van der Waals surface area (Å²) in [6.07, 6.45) is 0.531. The molecule has 0 aliphatic rings. The molecule has 2 heterocycles. The number of nitrogens with zero attached hydrogens (tertiary/aromatic N) is 4. The van der Waals surface area contributed by atoms with Gasteiger partial charge < -0.3 is 11.5 Å². The van der Waals surface area contributed by atoms with Gasteiger partial charge in [0.05, 0.1) is 33.2 Å². The Labute approximate surface area is 223 Å². The summed E-state index contributed by atoms with van der Waals surface area (Å²) in [5.74, 6) is 1.17. The maximum Gasteiger partial charge on any atom is 0.265 e. The molecule has 0 amide bonds. The van der Waals surface area contributed by atoms with Crippen LogP contribution in [0.25, 0.3) is 33.2 Å². The number of anilines is 2. The zero-order valence-corrected chi connectivity index (χ0v) is 21.6. The van der Waals surface area contributed by atoms with Gasteiger partial charge >= 0.3 is 0 Å². The SMILES string of the molecule is Cc1nc2ccc(Cc3ccc4nc(C)n(-c5cccc(N)c5)c(=O)c4c3)cc2c(=O)n1-c1cccc(N)c1. The van der Waals surface area contributed by atoms with Crippen LogP contribution in [0.1, 0.15) is 22.8 Å². The first-order valence-electron chi connectivity index (χ1n) is 12.5. The van der Waals surface area contributed by atoms with Gasteiger partial charge in [0.25, 0.3) is 11.1 Å². The van der Waals surface area contributed by atoms with Crippen molar-refractivity contribution in [3.05, 3.63) is 128 Å². The Morgan fingerprint density at radius 2 is 1.05 bits per heavy atom. The summed E-state index contributed by atoms with van der Waals surface area (Å²) >= 11 is 0. The quantitative estimate of drug-likeness (QED) is 0.335. The van der Waals surface area contributed by atoms with Crippen LogP contribution >= 0.6 is 0 Å². The average Bonchev–Trinajstić information content (AvgIpc) is 2.90. The molecule has 6 rings (SSSR count). The summed E-state index contributed by atoms with van der Waals surface area (Å²) < 4.78 is 3.15. The van der Waals surface area contributed by atoms with Gasteiger partial charge in [0, 0.05) is 11.4 Å². The molecule has 0 fully saturated rings. The number of aromatic nitrogens is 4. The molecule has 39 heavy (non-hydrogen) atoms. The Bertz CT molecular complexity index is 1890. The predicted molar refractivity (Wildman–Crippen MR) is 156 cm³/mol. The second-order valence-electron chi connectivity index (χ2n) is 9.67. The van der Waals surface area contributed by atoms with E-state index in [9.17, 15) is 9.59 Å². The average molecular weight is 515 g/mol. The molecule has 8 nitrogen and oxygen atoms in total. The topological polar surface area (TPSA) is 122 Å². The van der Waals surface area contributed by atoms with E-state index in [4.69, 9.17) is 11.5 Å². The second kappa shape index (κ2) is 9.25. The summed E-state index contributed by atoms with van der Waals surface area (Å²) in [4.78, 5) is 36.4. The Morgan fingerprint density at radius 1 is 0.615 bits per heavy atom. The highest BCUT2D eigenvalue weighted by Gasteiger charge is 2.13. The van der Waals surface area contributed by atoms with Crippen LogP contribution in [0.3, 0.4) is 0 Å². The molecule has 4 aromatic carbocycles. The summed E-state index contributed by atoms with van der Waals surface area (Å²) in [5.41, 5.74) is 17.2. The molecule has 0 bridgehead atoms. The van der Waals surface area contributed by atoms with E-state index in [2.05, 4.69) is 9.97 Å². The molecular weight excluding hydrogens is 488 g/mol. The molecule has 6 aromatic rings. The minimum absolute atomic E-state index is 0.159. The molecule has 0 aliphatic heterocycles. The molecule has 0 spiro atoms. The lowest BCUT2D eigenvalue weighted by Gasteiger charge is -2.13. The van der Waals surface area contributed by atoms with Gasteiger partial charge in [-0.2, -0.15) is 0 Å². The van der Waals surface area contributed by atoms with Crippen LogP contribution in [0.2, 0.25) is 0 Å². The summed E-state index contributed by atoms with van der Waals surface area (Å²) in [5, 5.41) is 1.03. The van der Waals surface area contributed by atoms with Crippen LogP contribution in [0, 0.1) is 13.8 Å². The fourth-order valence-electron chi connectivity index (χ4n) is 5.08. The van der Waals surface area contributed by atoms with E-state index in [0.717, 1.165) is 11.1 Å². The lowest BCUT2D eigenvalue weighted by molar-refractivity contribution is 0.894. The third-order valence-electron chi connectivity index (χ3n) is 6.87. The Balaban J connectivity index is 1.42. The predicted octanol–water partition coefficient (Wildman–Crippen LogP) is 4.46. The monoisotopic (exact) mass is 514 g/mol. The van der Waals surface area contributed by atoms with Crippen LogP contribution in [0.15, 0.2) is 94.5 Å². The summed E-state index contributed by atoms with van der Waals surface area (Å²) in [6, 6.07) is 25.8. The first-order valence-corrected chi connectivity index (χ1v) is 12.5. The van der Waals surface area contributed by atoms with Crippen molar-refractivity contribution in [2.75, 3.05) is 11.5 Å². The van der Waals surface area contributed by atoms with E-state index in [1.165, 1.54) is 0 Å². The molecule has 8 heteroatoms. The fourth-order valence-corrected chi connectivity index (χ4v) is 5.08. The van der Waals surface area contributed by atoms with E-state index in [0.29, 0.717) is 62.6 Å². The number of rotatable bonds is 4. The highest BCUT2D eigenvalue weighted by Crippen LogP contribution is 2.21. The number of fused-ring (bicyclic) bond motifs is 2. The van der Waals surface area contributed by atoms with Gasteiger partial charge in [-0.05, 0) is 92.1 Å². The van der Waals surface area contributed by atoms with Crippen LogP contribution < -0.4 is 22.6 Å². The van der Waals surface area contributed by atoms with E-state index in [-0.39, 0.29) is 11.1 Å². The van der Waals surface area contributed by atoms with Crippen molar-refractivity contribution >= 4 is 33.2 Å². The number of nitrogens with two attached hydrogens (primary N) is 2. The molecule has 0 atom stereocenters. The second-order valence-corrected chi connectivity index (χ2v) is 9.67. The maximum atomic E-state index is 13.5. The van der Waals surface area contributed by atoms with E-state index in [1.54, 1.807) is 47.2 Å². The zero-order valence-electron chi connectivity index (χ0n) is 21.6.